The van der Waals surface area contributed by atoms with Crippen molar-refractivity contribution in [1.29, 1.82) is 0 Å². The predicted octanol–water partition coefficient (Wildman–Crippen LogP) is 2.33. The topological polar surface area (TPSA) is 87.0 Å². The third kappa shape index (κ3) is 3.21. The highest BCUT2D eigenvalue weighted by Crippen LogP contribution is 2.43. The van der Waals surface area contributed by atoms with E-state index in [0.29, 0.717) is 55.4 Å². The van der Waals surface area contributed by atoms with Crippen LogP contribution in [0.3, 0.4) is 0 Å². The number of amides is 3. The van der Waals surface area contributed by atoms with E-state index in [1.165, 1.54) is 16.2 Å². The van der Waals surface area contributed by atoms with Gasteiger partial charge in [-0.05, 0) is 30.7 Å². The molecule has 3 amide bonds. The second-order valence-electron chi connectivity index (χ2n) is 8.30. The van der Waals surface area contributed by atoms with E-state index in [2.05, 4.69) is 5.16 Å². The number of aromatic nitrogens is 1. The van der Waals surface area contributed by atoms with Crippen LogP contribution in [0.2, 0.25) is 0 Å². The van der Waals surface area contributed by atoms with Crippen LogP contribution in [-0.2, 0) is 24.2 Å². The van der Waals surface area contributed by atoms with Crippen LogP contribution in [-0.4, -0.2) is 59.4 Å². The molecule has 0 spiro atoms. The van der Waals surface area contributed by atoms with Gasteiger partial charge in [0.1, 0.15) is 17.3 Å². The van der Waals surface area contributed by atoms with E-state index >= 15 is 0 Å². The van der Waals surface area contributed by atoms with Crippen LogP contribution in [0.1, 0.15) is 56.8 Å². The summed E-state index contributed by atoms with van der Waals surface area (Å²) in [5, 5.41) is 4.66. The molecule has 0 atom stereocenters. The van der Waals surface area contributed by atoms with Crippen molar-refractivity contribution in [1.82, 2.24) is 15.0 Å². The molecular formula is C21H24N4O4S. The van der Waals surface area contributed by atoms with E-state index in [-0.39, 0.29) is 24.3 Å². The molecule has 1 fully saturated rings. The molecule has 158 valence electrons. The number of anilines is 1. The summed E-state index contributed by atoms with van der Waals surface area (Å²) in [5.74, 6) is 0.914. The second kappa shape index (κ2) is 7.23. The number of aryl methyl sites for hydroxylation is 1. The zero-order valence-corrected chi connectivity index (χ0v) is 18.0. The van der Waals surface area contributed by atoms with Crippen LogP contribution < -0.4 is 4.90 Å². The standard InChI is InChI=1S/C21H24N4O4S/c1-3-13-8-15(22-29-13)19(27)24-7-6-14-16(10-24)30-21-18(14)20(28)23(2)11-17(26)25(21)9-12-4-5-12/h8,12H,3-7,9-11H2,1-2H3. The number of carbonyl (C=O) groups is 3. The van der Waals surface area contributed by atoms with Gasteiger partial charge in [-0.3, -0.25) is 14.4 Å². The number of likely N-dealkylation sites (N-methyl/N-ethyl adjacent to an activating group) is 1. The van der Waals surface area contributed by atoms with Gasteiger partial charge in [0.25, 0.3) is 11.8 Å². The summed E-state index contributed by atoms with van der Waals surface area (Å²) in [5.41, 5.74) is 1.96. The van der Waals surface area contributed by atoms with E-state index < -0.39 is 0 Å². The van der Waals surface area contributed by atoms with Gasteiger partial charge >= 0.3 is 0 Å². The first-order chi connectivity index (χ1) is 14.5. The number of thiophene rings is 1. The molecule has 0 aromatic carbocycles. The molecule has 2 aliphatic heterocycles. The van der Waals surface area contributed by atoms with Crippen LogP contribution in [0.15, 0.2) is 10.6 Å². The van der Waals surface area contributed by atoms with Gasteiger partial charge in [0, 0.05) is 37.5 Å². The quantitative estimate of drug-likeness (QED) is 0.746. The van der Waals surface area contributed by atoms with Gasteiger partial charge in [0.15, 0.2) is 5.69 Å². The van der Waals surface area contributed by atoms with Crippen LogP contribution >= 0.6 is 11.3 Å². The Labute approximate surface area is 178 Å². The van der Waals surface area contributed by atoms with Crippen molar-refractivity contribution in [2.75, 3.05) is 31.6 Å². The molecule has 9 heteroatoms. The molecule has 8 nitrogen and oxygen atoms in total. The summed E-state index contributed by atoms with van der Waals surface area (Å²) >= 11 is 1.48. The summed E-state index contributed by atoms with van der Waals surface area (Å²) in [6.45, 7) is 3.66. The van der Waals surface area contributed by atoms with Gasteiger partial charge in [0.2, 0.25) is 5.91 Å². The molecule has 1 aliphatic carbocycles. The molecule has 2 aromatic heterocycles. The Morgan fingerprint density at radius 3 is 2.80 bits per heavy atom. The maximum absolute atomic E-state index is 13.1. The average molecular weight is 429 g/mol. The van der Waals surface area contributed by atoms with E-state index in [9.17, 15) is 14.4 Å². The number of hydrogen-bond donors (Lipinski definition) is 0. The monoisotopic (exact) mass is 428 g/mol. The molecular weight excluding hydrogens is 404 g/mol. The maximum Gasteiger partial charge on any atom is 0.276 e. The minimum absolute atomic E-state index is 0.0299. The minimum Gasteiger partial charge on any atom is -0.361 e. The van der Waals surface area contributed by atoms with Crippen molar-refractivity contribution in [3.63, 3.8) is 0 Å². The zero-order valence-electron chi connectivity index (χ0n) is 17.1. The number of fused-ring (bicyclic) bond motifs is 3. The minimum atomic E-state index is -0.165. The van der Waals surface area contributed by atoms with Crippen LogP contribution in [0, 0.1) is 5.92 Å². The summed E-state index contributed by atoms with van der Waals surface area (Å²) in [6, 6.07) is 1.69. The average Bonchev–Trinajstić information content (AvgIpc) is 3.32. The second-order valence-corrected chi connectivity index (χ2v) is 9.39. The Hall–Kier alpha value is -2.68. The van der Waals surface area contributed by atoms with Crippen LogP contribution in [0.25, 0.3) is 0 Å². The van der Waals surface area contributed by atoms with E-state index in [4.69, 9.17) is 4.52 Å². The normalized spacial score (nSPS) is 19.1. The first kappa shape index (κ1) is 19.3. The lowest BCUT2D eigenvalue weighted by Crippen LogP contribution is -2.39. The molecule has 3 aliphatic rings. The van der Waals surface area contributed by atoms with E-state index in [0.717, 1.165) is 28.3 Å². The molecule has 2 aromatic rings. The fourth-order valence-electron chi connectivity index (χ4n) is 4.12. The van der Waals surface area contributed by atoms with Gasteiger partial charge < -0.3 is 19.2 Å². The van der Waals surface area contributed by atoms with Crippen molar-refractivity contribution in [3.8, 4) is 0 Å². The molecule has 0 saturated heterocycles. The molecule has 0 N–H and O–H groups in total. The van der Waals surface area contributed by atoms with Crippen molar-refractivity contribution in [2.45, 2.75) is 39.2 Å². The summed E-state index contributed by atoms with van der Waals surface area (Å²) < 4.78 is 5.18. The fourth-order valence-corrected chi connectivity index (χ4v) is 5.50. The SMILES string of the molecule is CCc1cc(C(=O)N2CCc3c(sc4c3C(=O)N(C)CC(=O)N4CC3CC3)C2)no1. The highest BCUT2D eigenvalue weighted by molar-refractivity contribution is 7.17. The Morgan fingerprint density at radius 1 is 1.30 bits per heavy atom. The van der Waals surface area contributed by atoms with Gasteiger partial charge in [-0.1, -0.05) is 12.1 Å². The third-order valence-corrected chi connectivity index (χ3v) is 7.31. The Balaban J connectivity index is 1.47. The van der Waals surface area contributed by atoms with Crippen molar-refractivity contribution in [3.05, 3.63) is 33.5 Å². The largest absolute Gasteiger partial charge is 0.361 e. The Bertz CT molecular complexity index is 1040. The molecule has 0 unspecified atom stereocenters. The molecule has 0 radical (unpaired) electrons. The maximum atomic E-state index is 13.1. The lowest BCUT2D eigenvalue weighted by atomic mass is 10.0. The van der Waals surface area contributed by atoms with Crippen molar-refractivity contribution < 1.29 is 18.9 Å². The molecule has 4 heterocycles. The summed E-state index contributed by atoms with van der Waals surface area (Å²) in [6.07, 6.45) is 3.54. The number of hydrogen-bond acceptors (Lipinski definition) is 6. The summed E-state index contributed by atoms with van der Waals surface area (Å²) in [4.78, 5) is 44.9. The highest BCUT2D eigenvalue weighted by Gasteiger charge is 2.39. The highest BCUT2D eigenvalue weighted by atomic mass is 32.1. The van der Waals surface area contributed by atoms with Crippen LogP contribution in [0.4, 0.5) is 5.00 Å². The molecule has 30 heavy (non-hydrogen) atoms. The van der Waals surface area contributed by atoms with Gasteiger partial charge in [0.05, 0.1) is 12.1 Å². The van der Waals surface area contributed by atoms with Gasteiger partial charge in [-0.25, -0.2) is 0 Å². The van der Waals surface area contributed by atoms with Crippen LogP contribution in [0.5, 0.6) is 0 Å². The van der Waals surface area contributed by atoms with Gasteiger partial charge in [-0.2, -0.15) is 0 Å². The fraction of sp³-hybridized carbons (Fsp3) is 0.524. The Kier molecular flexibility index (Phi) is 4.65. The number of carbonyl (C=O) groups excluding carboxylic acids is 3. The van der Waals surface area contributed by atoms with E-state index in [1.807, 2.05) is 11.8 Å². The molecule has 5 rings (SSSR count). The molecule has 0 bridgehead atoms. The zero-order chi connectivity index (χ0) is 21.0. The smallest absolute Gasteiger partial charge is 0.276 e. The lowest BCUT2D eigenvalue weighted by molar-refractivity contribution is -0.119. The third-order valence-electron chi connectivity index (χ3n) is 6.07. The first-order valence-corrected chi connectivity index (χ1v) is 11.2. The Morgan fingerprint density at radius 2 is 2.10 bits per heavy atom. The van der Waals surface area contributed by atoms with Crippen molar-refractivity contribution >= 4 is 34.1 Å². The number of rotatable bonds is 4. The first-order valence-electron chi connectivity index (χ1n) is 10.4. The van der Waals surface area contributed by atoms with Gasteiger partial charge in [-0.15, -0.1) is 11.3 Å². The van der Waals surface area contributed by atoms with E-state index in [1.54, 1.807) is 18.0 Å². The lowest BCUT2D eigenvalue weighted by Gasteiger charge is -2.26. The summed E-state index contributed by atoms with van der Waals surface area (Å²) in [7, 11) is 1.68. The number of nitrogens with zero attached hydrogens (tertiary/aromatic N) is 4. The predicted molar refractivity (Wildman–Crippen MR) is 111 cm³/mol. The van der Waals surface area contributed by atoms with Crippen molar-refractivity contribution in [2.24, 2.45) is 5.92 Å². The molecule has 1 saturated carbocycles.